The number of benzene rings is 2. The molecule has 5 heteroatoms. The van der Waals surface area contributed by atoms with Crippen LogP contribution in [0.2, 0.25) is 0 Å². The number of nitriles is 1. The zero-order valence-corrected chi connectivity index (χ0v) is 15.4. The molecule has 1 atom stereocenters. The predicted molar refractivity (Wildman–Crippen MR) is 105 cm³/mol. The molecule has 0 unspecified atom stereocenters. The molecule has 0 saturated heterocycles. The van der Waals surface area contributed by atoms with E-state index in [1.165, 1.54) is 13.2 Å². The lowest BCUT2D eigenvalue weighted by atomic mass is 10.1. The van der Waals surface area contributed by atoms with E-state index in [0.29, 0.717) is 23.7 Å². The molecule has 27 heavy (non-hydrogen) atoms. The maximum Gasteiger partial charge on any atom is 0.262 e. The average molecular weight is 362 g/mol. The Morgan fingerprint density at radius 3 is 2.63 bits per heavy atom. The summed E-state index contributed by atoms with van der Waals surface area (Å²) in [6.07, 6.45) is 3.16. The van der Waals surface area contributed by atoms with Crippen molar-refractivity contribution in [2.24, 2.45) is 0 Å². The lowest BCUT2D eigenvalue weighted by Gasteiger charge is -2.14. The van der Waals surface area contributed by atoms with Crippen LogP contribution in [0.15, 0.2) is 66.8 Å². The van der Waals surface area contributed by atoms with E-state index in [1.807, 2.05) is 43.3 Å². The molecule has 0 radical (unpaired) electrons. The zero-order chi connectivity index (χ0) is 19.6. The Hall–Kier alpha value is -3.52. The second-order valence-electron chi connectivity index (χ2n) is 5.79. The van der Waals surface area contributed by atoms with Gasteiger partial charge >= 0.3 is 0 Å². The summed E-state index contributed by atoms with van der Waals surface area (Å²) in [5.74, 6) is 0.649. The van der Waals surface area contributed by atoms with Crippen LogP contribution < -0.4 is 14.8 Å². The van der Waals surface area contributed by atoms with Crippen molar-refractivity contribution >= 4 is 12.0 Å². The van der Waals surface area contributed by atoms with Crippen molar-refractivity contribution in [2.75, 3.05) is 13.7 Å². The second-order valence-corrected chi connectivity index (χ2v) is 5.79. The smallest absolute Gasteiger partial charge is 0.262 e. The Morgan fingerprint density at radius 1 is 1.26 bits per heavy atom. The number of ether oxygens (including phenoxy) is 2. The van der Waals surface area contributed by atoms with Crippen LogP contribution in [0, 0.1) is 11.3 Å². The van der Waals surface area contributed by atoms with Gasteiger partial charge in [0.2, 0.25) is 0 Å². The number of nitrogens with one attached hydrogen (secondary N) is 1. The molecule has 0 saturated carbocycles. The highest BCUT2D eigenvalue weighted by Crippen LogP contribution is 2.29. The molecule has 1 amide bonds. The summed E-state index contributed by atoms with van der Waals surface area (Å²) in [6, 6.07) is 16.5. The summed E-state index contributed by atoms with van der Waals surface area (Å²) >= 11 is 0. The number of carbonyl (C=O) groups excluding carboxylic acids is 1. The molecule has 0 aliphatic heterocycles. The summed E-state index contributed by atoms with van der Waals surface area (Å²) in [6.45, 7) is 5.84. The van der Waals surface area contributed by atoms with Crippen molar-refractivity contribution < 1.29 is 14.3 Å². The normalized spacial score (nSPS) is 11.8. The SMILES string of the molecule is C=CCOc1ccc(/C=C(\C#N)C(=O)N[C@@H](C)c2ccccc2)cc1OC. The summed E-state index contributed by atoms with van der Waals surface area (Å²) in [5.41, 5.74) is 1.64. The lowest BCUT2D eigenvalue weighted by molar-refractivity contribution is -0.117. The highest BCUT2D eigenvalue weighted by atomic mass is 16.5. The number of methoxy groups -OCH3 is 1. The van der Waals surface area contributed by atoms with Crippen LogP contribution in [0.1, 0.15) is 24.1 Å². The molecule has 138 valence electrons. The minimum absolute atomic E-state index is 0.0135. The summed E-state index contributed by atoms with van der Waals surface area (Å²) in [4.78, 5) is 12.5. The van der Waals surface area contributed by atoms with Crippen molar-refractivity contribution in [3.63, 3.8) is 0 Å². The minimum atomic E-state index is -0.431. The zero-order valence-electron chi connectivity index (χ0n) is 15.4. The monoisotopic (exact) mass is 362 g/mol. The lowest BCUT2D eigenvalue weighted by Crippen LogP contribution is -2.27. The van der Waals surface area contributed by atoms with Crippen LogP contribution in [0.4, 0.5) is 0 Å². The first-order chi connectivity index (χ1) is 13.1. The van der Waals surface area contributed by atoms with Gasteiger partial charge in [0, 0.05) is 0 Å². The number of nitrogens with zero attached hydrogens (tertiary/aromatic N) is 1. The van der Waals surface area contributed by atoms with Crippen molar-refractivity contribution in [3.05, 3.63) is 77.9 Å². The fourth-order valence-electron chi connectivity index (χ4n) is 2.46. The van der Waals surface area contributed by atoms with Crippen molar-refractivity contribution in [1.29, 1.82) is 5.26 Å². The quantitative estimate of drug-likeness (QED) is 0.437. The number of hydrogen-bond acceptors (Lipinski definition) is 4. The van der Waals surface area contributed by atoms with Gasteiger partial charge in [0.05, 0.1) is 13.2 Å². The fraction of sp³-hybridized carbons (Fsp3) is 0.182. The Bertz CT molecular complexity index is 867. The van der Waals surface area contributed by atoms with Crippen LogP contribution in [0.5, 0.6) is 11.5 Å². The Kier molecular flexibility index (Phi) is 7.21. The van der Waals surface area contributed by atoms with Gasteiger partial charge in [-0.1, -0.05) is 49.1 Å². The molecule has 0 bridgehead atoms. The van der Waals surface area contributed by atoms with Gasteiger partial charge in [-0.3, -0.25) is 4.79 Å². The maximum absolute atomic E-state index is 12.5. The van der Waals surface area contributed by atoms with Gasteiger partial charge in [-0.05, 0) is 36.3 Å². The first-order valence-electron chi connectivity index (χ1n) is 8.48. The van der Waals surface area contributed by atoms with Crippen molar-refractivity contribution in [3.8, 4) is 17.6 Å². The minimum Gasteiger partial charge on any atom is -0.493 e. The van der Waals surface area contributed by atoms with Crippen LogP contribution in [-0.2, 0) is 4.79 Å². The predicted octanol–water partition coefficient (Wildman–Crippen LogP) is 4.04. The van der Waals surface area contributed by atoms with Gasteiger partial charge in [0.1, 0.15) is 18.2 Å². The number of amides is 1. The van der Waals surface area contributed by atoms with Crippen LogP contribution in [-0.4, -0.2) is 19.6 Å². The highest BCUT2D eigenvalue weighted by molar-refractivity contribution is 6.01. The van der Waals surface area contributed by atoms with E-state index in [9.17, 15) is 10.1 Å². The molecule has 0 aliphatic carbocycles. The topological polar surface area (TPSA) is 71.3 Å². The van der Waals surface area contributed by atoms with Crippen LogP contribution in [0.3, 0.4) is 0 Å². The van der Waals surface area contributed by atoms with Gasteiger partial charge in [0.25, 0.3) is 5.91 Å². The molecule has 1 N–H and O–H groups in total. The Labute approximate surface area is 159 Å². The highest BCUT2D eigenvalue weighted by Gasteiger charge is 2.14. The summed E-state index contributed by atoms with van der Waals surface area (Å²) < 4.78 is 10.8. The van der Waals surface area contributed by atoms with E-state index in [1.54, 1.807) is 24.3 Å². The van der Waals surface area contributed by atoms with E-state index < -0.39 is 5.91 Å². The molecule has 5 nitrogen and oxygen atoms in total. The van der Waals surface area contributed by atoms with Crippen molar-refractivity contribution in [1.82, 2.24) is 5.32 Å². The number of carbonyl (C=O) groups is 1. The maximum atomic E-state index is 12.5. The molecule has 2 aromatic rings. The molecule has 0 aromatic heterocycles. The van der Waals surface area contributed by atoms with Gasteiger partial charge in [0.15, 0.2) is 11.5 Å². The van der Waals surface area contributed by atoms with E-state index >= 15 is 0 Å². The number of rotatable bonds is 8. The third-order valence-electron chi connectivity index (χ3n) is 3.87. The third kappa shape index (κ3) is 5.48. The van der Waals surface area contributed by atoms with Gasteiger partial charge in [-0.2, -0.15) is 5.26 Å². The summed E-state index contributed by atoms with van der Waals surface area (Å²) in [5, 5.41) is 12.2. The molecule has 0 heterocycles. The Balaban J connectivity index is 2.18. The average Bonchev–Trinajstić information content (AvgIpc) is 2.71. The fourth-order valence-corrected chi connectivity index (χ4v) is 2.46. The molecule has 2 aromatic carbocycles. The third-order valence-corrected chi connectivity index (χ3v) is 3.87. The van der Waals surface area contributed by atoms with Gasteiger partial charge in [-0.25, -0.2) is 0 Å². The molecule has 0 aliphatic rings. The van der Waals surface area contributed by atoms with Crippen molar-refractivity contribution in [2.45, 2.75) is 13.0 Å². The molecule has 2 rings (SSSR count). The van der Waals surface area contributed by atoms with E-state index in [4.69, 9.17) is 9.47 Å². The summed E-state index contributed by atoms with van der Waals surface area (Å²) in [7, 11) is 1.53. The van der Waals surface area contributed by atoms with Gasteiger partial charge < -0.3 is 14.8 Å². The van der Waals surface area contributed by atoms with Crippen LogP contribution >= 0.6 is 0 Å². The first-order valence-corrected chi connectivity index (χ1v) is 8.48. The van der Waals surface area contributed by atoms with Gasteiger partial charge in [-0.15, -0.1) is 0 Å². The van der Waals surface area contributed by atoms with E-state index in [-0.39, 0.29) is 11.6 Å². The standard InChI is InChI=1S/C22H22N2O3/c1-4-12-27-20-11-10-17(14-21(20)26-3)13-19(15-23)22(25)24-16(2)18-8-6-5-7-9-18/h4-11,13-14,16H,1,12H2,2-3H3,(H,24,25)/b19-13+/t16-/m0/s1. The van der Waals surface area contributed by atoms with E-state index in [0.717, 1.165) is 5.56 Å². The molecule has 0 spiro atoms. The number of hydrogen-bond donors (Lipinski definition) is 1. The second kappa shape index (κ2) is 9.83. The molecular formula is C22H22N2O3. The molecular weight excluding hydrogens is 340 g/mol. The van der Waals surface area contributed by atoms with E-state index in [2.05, 4.69) is 11.9 Å². The van der Waals surface area contributed by atoms with Crippen LogP contribution in [0.25, 0.3) is 6.08 Å². The Morgan fingerprint density at radius 2 is 2.00 bits per heavy atom. The first kappa shape index (κ1) is 19.8. The largest absolute Gasteiger partial charge is 0.493 e. The molecule has 0 fully saturated rings.